The first kappa shape index (κ1) is 11.7. The van der Waals surface area contributed by atoms with Gasteiger partial charge < -0.3 is 14.4 Å². The number of hydrogen-bond donors (Lipinski definition) is 1. The Morgan fingerprint density at radius 2 is 2.29 bits per heavy atom. The van der Waals surface area contributed by atoms with Gasteiger partial charge in [-0.15, -0.1) is 0 Å². The molecule has 1 heterocycles. The topological polar surface area (TPSA) is 72.6 Å². The number of nitrogens with zero attached hydrogens (tertiary/aromatic N) is 1. The van der Waals surface area contributed by atoms with Crippen molar-refractivity contribution in [3.63, 3.8) is 0 Å². The summed E-state index contributed by atoms with van der Waals surface area (Å²) in [6, 6.07) is 8.64. The first-order chi connectivity index (χ1) is 8.15. The van der Waals surface area contributed by atoms with Gasteiger partial charge in [0.05, 0.1) is 0 Å². The molecule has 0 radical (unpaired) electrons. The van der Waals surface area contributed by atoms with Crippen molar-refractivity contribution in [1.82, 2.24) is 5.16 Å². The van der Waals surface area contributed by atoms with E-state index in [-0.39, 0.29) is 12.3 Å². The monoisotopic (exact) mass is 297 g/mol. The zero-order valence-electron chi connectivity index (χ0n) is 8.59. The molecule has 0 fully saturated rings. The van der Waals surface area contributed by atoms with Gasteiger partial charge in [-0.05, 0) is 18.2 Å². The molecule has 6 heteroatoms. The summed E-state index contributed by atoms with van der Waals surface area (Å²) in [5.74, 6) is -0.0996. The van der Waals surface area contributed by atoms with Gasteiger partial charge in [0.1, 0.15) is 12.4 Å². The number of benzene rings is 1. The molecule has 0 saturated carbocycles. The second kappa shape index (κ2) is 5.01. The van der Waals surface area contributed by atoms with Gasteiger partial charge in [0, 0.05) is 10.5 Å². The fourth-order valence-corrected chi connectivity index (χ4v) is 1.57. The van der Waals surface area contributed by atoms with E-state index in [1.165, 1.54) is 6.07 Å². The molecule has 0 atom stereocenters. The average Bonchev–Trinajstić information content (AvgIpc) is 2.75. The van der Waals surface area contributed by atoms with Crippen LogP contribution in [0.2, 0.25) is 0 Å². The van der Waals surface area contributed by atoms with Crippen LogP contribution < -0.4 is 4.74 Å². The van der Waals surface area contributed by atoms with Crippen molar-refractivity contribution in [2.45, 2.75) is 6.61 Å². The maximum Gasteiger partial charge on any atom is 0.358 e. The van der Waals surface area contributed by atoms with Crippen molar-refractivity contribution in [2.24, 2.45) is 0 Å². The highest BCUT2D eigenvalue weighted by molar-refractivity contribution is 9.10. The summed E-state index contributed by atoms with van der Waals surface area (Å²) in [6.45, 7) is 0.136. The first-order valence-corrected chi connectivity index (χ1v) is 5.52. The number of carbonyl (C=O) groups is 1. The zero-order chi connectivity index (χ0) is 12.3. The third-order valence-corrected chi connectivity index (χ3v) is 2.45. The van der Waals surface area contributed by atoms with Gasteiger partial charge in [-0.25, -0.2) is 4.79 Å². The van der Waals surface area contributed by atoms with Crippen molar-refractivity contribution in [2.75, 3.05) is 0 Å². The molecule has 2 aromatic rings. The molecule has 1 aromatic heterocycles. The van der Waals surface area contributed by atoms with Crippen LogP contribution in [0.1, 0.15) is 16.2 Å². The van der Waals surface area contributed by atoms with Crippen LogP contribution in [-0.4, -0.2) is 16.2 Å². The lowest BCUT2D eigenvalue weighted by atomic mass is 10.3. The number of aromatic carboxylic acids is 1. The summed E-state index contributed by atoms with van der Waals surface area (Å²) >= 11 is 3.32. The number of carboxylic acid groups (broad SMARTS) is 1. The molecule has 1 N–H and O–H groups in total. The number of carboxylic acids is 1. The minimum atomic E-state index is -1.12. The van der Waals surface area contributed by atoms with Gasteiger partial charge in [0.2, 0.25) is 0 Å². The van der Waals surface area contributed by atoms with E-state index in [1.54, 1.807) is 12.1 Å². The van der Waals surface area contributed by atoms with E-state index in [9.17, 15) is 4.79 Å². The molecular weight excluding hydrogens is 290 g/mol. The van der Waals surface area contributed by atoms with E-state index >= 15 is 0 Å². The molecule has 1 aromatic carbocycles. The molecule has 0 bridgehead atoms. The van der Waals surface area contributed by atoms with Gasteiger partial charge in [-0.3, -0.25) is 0 Å². The smallest absolute Gasteiger partial charge is 0.358 e. The predicted molar refractivity (Wildman–Crippen MR) is 61.9 cm³/mol. The van der Waals surface area contributed by atoms with Gasteiger partial charge in [-0.1, -0.05) is 27.2 Å². The molecule has 0 unspecified atom stereocenters. The summed E-state index contributed by atoms with van der Waals surface area (Å²) in [6.07, 6.45) is 0. The minimum absolute atomic E-state index is 0.127. The van der Waals surface area contributed by atoms with E-state index in [1.807, 2.05) is 12.1 Å². The molecule has 0 aliphatic heterocycles. The highest BCUT2D eigenvalue weighted by Crippen LogP contribution is 2.19. The van der Waals surface area contributed by atoms with Crippen LogP contribution in [0.3, 0.4) is 0 Å². The Hall–Kier alpha value is -1.82. The fourth-order valence-electron chi connectivity index (χ4n) is 1.19. The molecule has 17 heavy (non-hydrogen) atoms. The fraction of sp³-hybridized carbons (Fsp3) is 0.0909. The summed E-state index contributed by atoms with van der Waals surface area (Å²) in [7, 11) is 0. The lowest BCUT2D eigenvalue weighted by molar-refractivity contribution is 0.0685. The maximum absolute atomic E-state index is 10.6. The van der Waals surface area contributed by atoms with Crippen LogP contribution >= 0.6 is 15.9 Å². The Morgan fingerprint density at radius 1 is 1.47 bits per heavy atom. The number of hydrogen-bond acceptors (Lipinski definition) is 4. The molecule has 88 valence electrons. The Balaban J connectivity index is 2.00. The van der Waals surface area contributed by atoms with Gasteiger partial charge in [0.25, 0.3) is 0 Å². The highest BCUT2D eigenvalue weighted by atomic mass is 79.9. The molecular formula is C11H8BrNO4. The highest BCUT2D eigenvalue weighted by Gasteiger charge is 2.10. The Kier molecular flexibility index (Phi) is 3.43. The lowest BCUT2D eigenvalue weighted by Crippen LogP contribution is -1.96. The second-order valence-corrected chi connectivity index (χ2v) is 4.15. The summed E-state index contributed by atoms with van der Waals surface area (Å²) in [5, 5.41) is 12.0. The van der Waals surface area contributed by atoms with Crippen molar-refractivity contribution >= 4 is 21.9 Å². The number of ether oxygens (including phenoxy) is 1. The third kappa shape index (κ3) is 3.07. The quantitative estimate of drug-likeness (QED) is 0.939. The molecule has 0 aliphatic rings. The largest absolute Gasteiger partial charge is 0.486 e. The zero-order valence-corrected chi connectivity index (χ0v) is 10.2. The van der Waals surface area contributed by atoms with Crippen LogP contribution in [0, 0.1) is 0 Å². The molecule has 5 nitrogen and oxygen atoms in total. The Labute approximate surface area is 105 Å². The summed E-state index contributed by atoms with van der Waals surface area (Å²) < 4.78 is 11.1. The normalized spacial score (nSPS) is 10.2. The summed E-state index contributed by atoms with van der Waals surface area (Å²) in [4.78, 5) is 10.6. The van der Waals surface area contributed by atoms with Crippen molar-refractivity contribution in [3.05, 3.63) is 46.3 Å². The molecule has 0 amide bonds. The second-order valence-electron chi connectivity index (χ2n) is 3.23. The SMILES string of the molecule is O=C(O)c1cc(COc2cccc(Br)c2)on1. The van der Waals surface area contributed by atoms with Crippen LogP contribution in [0.4, 0.5) is 0 Å². The Morgan fingerprint density at radius 3 is 2.94 bits per heavy atom. The average molecular weight is 298 g/mol. The van der Waals surface area contributed by atoms with Crippen molar-refractivity contribution in [3.8, 4) is 5.75 Å². The van der Waals surface area contributed by atoms with Crippen LogP contribution in [-0.2, 0) is 6.61 Å². The van der Waals surface area contributed by atoms with E-state index < -0.39 is 5.97 Å². The van der Waals surface area contributed by atoms with Crippen LogP contribution in [0.5, 0.6) is 5.75 Å². The van der Waals surface area contributed by atoms with E-state index in [2.05, 4.69) is 21.1 Å². The minimum Gasteiger partial charge on any atom is -0.486 e. The predicted octanol–water partition coefficient (Wildman–Crippen LogP) is 2.71. The van der Waals surface area contributed by atoms with Gasteiger partial charge in [0.15, 0.2) is 11.5 Å². The first-order valence-electron chi connectivity index (χ1n) is 4.72. The van der Waals surface area contributed by atoms with Crippen LogP contribution in [0.15, 0.2) is 39.3 Å². The van der Waals surface area contributed by atoms with Crippen molar-refractivity contribution < 1.29 is 19.2 Å². The summed E-state index contributed by atoms with van der Waals surface area (Å²) in [5.41, 5.74) is -0.127. The van der Waals surface area contributed by atoms with Crippen LogP contribution in [0.25, 0.3) is 0 Å². The molecule has 0 aliphatic carbocycles. The standard InChI is InChI=1S/C11H8BrNO4/c12-7-2-1-3-8(4-7)16-6-9-5-10(11(14)15)13-17-9/h1-5H,6H2,(H,14,15). The molecule has 0 spiro atoms. The van der Waals surface area contributed by atoms with Gasteiger partial charge >= 0.3 is 5.97 Å². The lowest BCUT2D eigenvalue weighted by Gasteiger charge is -2.03. The van der Waals surface area contributed by atoms with E-state index in [0.717, 1.165) is 4.47 Å². The maximum atomic E-state index is 10.6. The van der Waals surface area contributed by atoms with Crippen molar-refractivity contribution in [1.29, 1.82) is 0 Å². The van der Waals surface area contributed by atoms with E-state index in [4.69, 9.17) is 14.4 Å². The van der Waals surface area contributed by atoms with E-state index in [0.29, 0.717) is 11.5 Å². The number of rotatable bonds is 4. The Bertz CT molecular complexity index is 538. The number of aromatic nitrogens is 1. The number of halogens is 1. The third-order valence-electron chi connectivity index (χ3n) is 1.96. The molecule has 0 saturated heterocycles. The van der Waals surface area contributed by atoms with Gasteiger partial charge in [-0.2, -0.15) is 0 Å². The molecule has 2 rings (SSSR count).